The fourth-order valence-corrected chi connectivity index (χ4v) is 1.99. The van der Waals surface area contributed by atoms with E-state index in [1.807, 2.05) is 18.2 Å². The fraction of sp³-hybridized carbons (Fsp3) is 0.500. The predicted octanol–water partition coefficient (Wildman–Crippen LogP) is 0.457. The Bertz CT molecular complexity index is 395. The van der Waals surface area contributed by atoms with Gasteiger partial charge in [-0.15, -0.1) is 0 Å². The Hall–Kier alpha value is -1.59. The summed E-state index contributed by atoms with van der Waals surface area (Å²) in [5, 5.41) is 12.0. The molecule has 1 heterocycles. The van der Waals surface area contributed by atoms with Gasteiger partial charge in [0.2, 0.25) is 0 Å². The average molecular weight is 263 g/mol. The van der Waals surface area contributed by atoms with Gasteiger partial charge in [0, 0.05) is 19.6 Å². The lowest BCUT2D eigenvalue weighted by molar-refractivity contribution is 0.0849. The average Bonchev–Trinajstić information content (AvgIpc) is 2.90. The Morgan fingerprint density at radius 3 is 2.89 bits per heavy atom. The zero-order valence-corrected chi connectivity index (χ0v) is 11.1. The molecule has 0 radical (unpaired) electrons. The van der Waals surface area contributed by atoms with Crippen LogP contribution >= 0.6 is 0 Å². The fourth-order valence-electron chi connectivity index (χ4n) is 1.99. The predicted molar refractivity (Wildman–Crippen MR) is 75.1 cm³/mol. The SMILES string of the molecule is OCCOCCN1CCN=C1NCc1ccccc1. The van der Waals surface area contributed by atoms with Crippen LogP contribution in [0.4, 0.5) is 0 Å². The van der Waals surface area contributed by atoms with Crippen LogP contribution in [0, 0.1) is 0 Å². The van der Waals surface area contributed by atoms with Crippen LogP contribution in [-0.4, -0.2) is 55.4 Å². The van der Waals surface area contributed by atoms with Crippen LogP contribution in [0.1, 0.15) is 5.56 Å². The minimum atomic E-state index is 0.0766. The molecule has 0 saturated carbocycles. The normalized spacial score (nSPS) is 14.6. The molecule has 104 valence electrons. The molecule has 1 aromatic rings. The topological polar surface area (TPSA) is 57.1 Å². The molecule has 5 nitrogen and oxygen atoms in total. The van der Waals surface area contributed by atoms with Crippen molar-refractivity contribution in [3.63, 3.8) is 0 Å². The van der Waals surface area contributed by atoms with Crippen LogP contribution in [0.15, 0.2) is 35.3 Å². The van der Waals surface area contributed by atoms with Gasteiger partial charge < -0.3 is 20.1 Å². The Morgan fingerprint density at radius 1 is 1.26 bits per heavy atom. The molecule has 1 aliphatic heterocycles. The molecule has 0 amide bonds. The van der Waals surface area contributed by atoms with Crippen LogP contribution in [0.2, 0.25) is 0 Å². The third-order valence-corrected chi connectivity index (χ3v) is 2.97. The van der Waals surface area contributed by atoms with E-state index in [2.05, 4.69) is 27.3 Å². The van der Waals surface area contributed by atoms with Gasteiger partial charge in [-0.05, 0) is 5.56 Å². The highest BCUT2D eigenvalue weighted by Crippen LogP contribution is 2.02. The van der Waals surface area contributed by atoms with Gasteiger partial charge >= 0.3 is 0 Å². The van der Waals surface area contributed by atoms with Crippen LogP contribution in [-0.2, 0) is 11.3 Å². The molecule has 0 spiro atoms. The molecule has 0 atom stereocenters. The first kappa shape index (κ1) is 13.8. The van der Waals surface area contributed by atoms with Gasteiger partial charge in [0.1, 0.15) is 0 Å². The first-order chi connectivity index (χ1) is 9.40. The molecule has 5 heteroatoms. The summed E-state index contributed by atoms with van der Waals surface area (Å²) in [5.41, 5.74) is 1.24. The summed E-state index contributed by atoms with van der Waals surface area (Å²) in [6, 6.07) is 10.3. The lowest BCUT2D eigenvalue weighted by Crippen LogP contribution is -2.40. The second-order valence-electron chi connectivity index (χ2n) is 4.37. The standard InChI is InChI=1S/C14H21N3O2/c18-9-11-19-10-8-17-7-6-15-14(17)16-12-13-4-2-1-3-5-13/h1-5,18H,6-12H2,(H,15,16). The molecule has 0 fully saturated rings. The number of nitrogens with zero attached hydrogens (tertiary/aromatic N) is 2. The molecule has 2 N–H and O–H groups in total. The zero-order valence-electron chi connectivity index (χ0n) is 11.1. The minimum absolute atomic E-state index is 0.0766. The minimum Gasteiger partial charge on any atom is -0.394 e. The molecule has 0 unspecified atom stereocenters. The van der Waals surface area contributed by atoms with Crippen molar-refractivity contribution >= 4 is 5.96 Å². The van der Waals surface area contributed by atoms with E-state index >= 15 is 0 Å². The Kier molecular flexibility index (Phi) is 5.65. The number of aliphatic imine (C=N–C) groups is 1. The van der Waals surface area contributed by atoms with E-state index in [1.54, 1.807) is 0 Å². The van der Waals surface area contributed by atoms with Crippen molar-refractivity contribution in [2.45, 2.75) is 6.54 Å². The van der Waals surface area contributed by atoms with E-state index < -0.39 is 0 Å². The Labute approximate surface area is 113 Å². The lowest BCUT2D eigenvalue weighted by atomic mass is 10.2. The summed E-state index contributed by atoms with van der Waals surface area (Å²) in [7, 11) is 0. The van der Waals surface area contributed by atoms with Crippen LogP contribution < -0.4 is 5.32 Å². The number of ether oxygens (including phenoxy) is 1. The van der Waals surface area contributed by atoms with Crippen LogP contribution in [0.5, 0.6) is 0 Å². The number of aliphatic hydroxyl groups is 1. The van der Waals surface area contributed by atoms with E-state index in [0.717, 1.165) is 32.1 Å². The summed E-state index contributed by atoms with van der Waals surface area (Å²) in [4.78, 5) is 6.64. The zero-order chi connectivity index (χ0) is 13.3. The van der Waals surface area contributed by atoms with Crippen molar-refractivity contribution in [2.24, 2.45) is 4.99 Å². The summed E-state index contributed by atoms with van der Waals surface area (Å²) in [6.07, 6.45) is 0. The smallest absolute Gasteiger partial charge is 0.194 e. The maximum absolute atomic E-state index is 8.65. The largest absolute Gasteiger partial charge is 0.394 e. The molecule has 1 aromatic carbocycles. The van der Waals surface area contributed by atoms with Gasteiger partial charge in [-0.1, -0.05) is 30.3 Å². The molecule has 0 saturated heterocycles. The van der Waals surface area contributed by atoms with Crippen molar-refractivity contribution < 1.29 is 9.84 Å². The van der Waals surface area contributed by atoms with Crippen LogP contribution in [0.25, 0.3) is 0 Å². The summed E-state index contributed by atoms with van der Waals surface area (Å²) < 4.78 is 5.28. The monoisotopic (exact) mass is 263 g/mol. The Balaban J connectivity index is 1.73. The first-order valence-electron chi connectivity index (χ1n) is 6.66. The molecule has 0 aliphatic carbocycles. The van der Waals surface area contributed by atoms with Crippen molar-refractivity contribution in [1.29, 1.82) is 0 Å². The van der Waals surface area contributed by atoms with Crippen molar-refractivity contribution in [3.8, 4) is 0 Å². The Morgan fingerprint density at radius 2 is 2.11 bits per heavy atom. The van der Waals surface area contributed by atoms with Gasteiger partial charge in [-0.2, -0.15) is 0 Å². The number of rotatable bonds is 7. The molecule has 2 rings (SSSR count). The number of aliphatic hydroxyl groups excluding tert-OH is 1. The number of hydrogen-bond donors (Lipinski definition) is 2. The molecule has 0 bridgehead atoms. The number of benzene rings is 1. The van der Waals surface area contributed by atoms with E-state index in [1.165, 1.54) is 5.56 Å². The van der Waals surface area contributed by atoms with Gasteiger partial charge in [-0.25, -0.2) is 0 Å². The van der Waals surface area contributed by atoms with E-state index in [0.29, 0.717) is 13.2 Å². The third kappa shape index (κ3) is 4.54. The number of nitrogens with one attached hydrogen (secondary N) is 1. The molecule has 0 aromatic heterocycles. The summed E-state index contributed by atoms with van der Waals surface area (Å²) in [6.45, 7) is 4.45. The van der Waals surface area contributed by atoms with Gasteiger partial charge in [0.25, 0.3) is 0 Å². The second kappa shape index (κ2) is 7.76. The van der Waals surface area contributed by atoms with Gasteiger partial charge in [0.05, 0.1) is 26.4 Å². The molecule has 1 aliphatic rings. The second-order valence-corrected chi connectivity index (χ2v) is 4.37. The van der Waals surface area contributed by atoms with E-state index in [-0.39, 0.29) is 6.61 Å². The van der Waals surface area contributed by atoms with Crippen molar-refractivity contribution in [3.05, 3.63) is 35.9 Å². The van der Waals surface area contributed by atoms with E-state index in [9.17, 15) is 0 Å². The quantitative estimate of drug-likeness (QED) is 0.702. The van der Waals surface area contributed by atoms with Crippen molar-refractivity contribution in [1.82, 2.24) is 10.2 Å². The highest BCUT2D eigenvalue weighted by Gasteiger charge is 2.15. The molecule has 19 heavy (non-hydrogen) atoms. The molecular formula is C14H21N3O2. The molecular weight excluding hydrogens is 242 g/mol. The summed E-state index contributed by atoms with van der Waals surface area (Å²) >= 11 is 0. The summed E-state index contributed by atoms with van der Waals surface area (Å²) in [5.74, 6) is 0.941. The number of guanidine groups is 1. The maximum atomic E-state index is 8.65. The lowest BCUT2D eigenvalue weighted by Gasteiger charge is -2.21. The highest BCUT2D eigenvalue weighted by atomic mass is 16.5. The number of hydrogen-bond acceptors (Lipinski definition) is 5. The third-order valence-electron chi connectivity index (χ3n) is 2.97. The van der Waals surface area contributed by atoms with Crippen molar-refractivity contribution in [2.75, 3.05) is 39.5 Å². The van der Waals surface area contributed by atoms with Gasteiger partial charge in [0.15, 0.2) is 5.96 Å². The first-order valence-corrected chi connectivity index (χ1v) is 6.66. The maximum Gasteiger partial charge on any atom is 0.194 e. The van der Waals surface area contributed by atoms with E-state index in [4.69, 9.17) is 9.84 Å². The van der Waals surface area contributed by atoms with Crippen LogP contribution in [0.3, 0.4) is 0 Å². The highest BCUT2D eigenvalue weighted by molar-refractivity contribution is 5.81. The van der Waals surface area contributed by atoms with Gasteiger partial charge in [-0.3, -0.25) is 4.99 Å².